The summed E-state index contributed by atoms with van der Waals surface area (Å²) >= 11 is 0. The number of H-pyrrole nitrogens is 2. The number of aliphatic hydroxyl groups is 3. The first-order valence-corrected chi connectivity index (χ1v) is 9.66. The Hall–Kier alpha value is -3.76. The van der Waals surface area contributed by atoms with Crippen LogP contribution in [0, 0.1) is 0 Å². The maximum atomic E-state index is 12.4. The summed E-state index contributed by atoms with van der Waals surface area (Å²) in [6, 6.07) is -1.23. The molecule has 0 spiro atoms. The van der Waals surface area contributed by atoms with Crippen LogP contribution in [0.5, 0.6) is 0 Å². The monoisotopic (exact) mass is 472 g/mol. The molecule has 1 aromatic rings. The molecule has 0 radical (unpaired) electrons. The number of carbonyl (C=O) groups excluding carboxylic acids is 3. The average Bonchev–Trinajstić information content (AvgIpc) is 2.74. The number of primary amides is 1. The van der Waals surface area contributed by atoms with E-state index in [2.05, 4.69) is 20.6 Å². The quantitative estimate of drug-likeness (QED) is 0.0956. The Balaban J connectivity index is 2.69. The van der Waals surface area contributed by atoms with Gasteiger partial charge >= 0.3 is 5.69 Å². The molecule has 0 bridgehead atoms. The van der Waals surface area contributed by atoms with Gasteiger partial charge in [0.25, 0.3) is 5.56 Å². The van der Waals surface area contributed by atoms with Gasteiger partial charge in [-0.1, -0.05) is 0 Å². The van der Waals surface area contributed by atoms with E-state index >= 15 is 0 Å². The van der Waals surface area contributed by atoms with Crippen LogP contribution in [-0.4, -0.2) is 86.4 Å². The molecule has 16 heteroatoms. The van der Waals surface area contributed by atoms with Crippen molar-refractivity contribution in [1.29, 1.82) is 0 Å². The Morgan fingerprint density at radius 2 is 1.76 bits per heavy atom. The second-order valence-electron chi connectivity index (χ2n) is 7.04. The Kier molecular flexibility index (Phi) is 10.7. The third-order valence-electron chi connectivity index (χ3n) is 4.34. The standard InChI is InChI=1S/C17H28N8O8/c18-11(28)2-1-8(24-12(29)6-22-16(19)20)15(32)21-5-10(27)13(30)9(26)3-7-4-23-17(33)25-14(7)31/h4,8-10,13,26-27,30H,1-3,5-6H2,(H2,18,28)(H,21,32)(H,24,29)(H4,19,20,22)(H2,23,25,31,33)/t8-,9-,10+,13-/m0/s1. The fourth-order valence-electron chi connectivity index (χ4n) is 2.60. The topological polar surface area (TPSA) is 292 Å². The molecule has 0 aromatic carbocycles. The molecule has 1 heterocycles. The van der Waals surface area contributed by atoms with Gasteiger partial charge in [0.15, 0.2) is 5.96 Å². The summed E-state index contributed by atoms with van der Waals surface area (Å²) in [5.74, 6) is -2.60. The molecule has 3 amide bonds. The lowest BCUT2D eigenvalue weighted by atomic mass is 10.0. The molecular weight excluding hydrogens is 444 g/mol. The van der Waals surface area contributed by atoms with E-state index in [-0.39, 0.29) is 24.4 Å². The van der Waals surface area contributed by atoms with Gasteiger partial charge in [-0.05, 0) is 6.42 Å². The van der Waals surface area contributed by atoms with E-state index in [1.165, 1.54) is 0 Å². The first-order chi connectivity index (χ1) is 15.4. The van der Waals surface area contributed by atoms with Crippen LogP contribution in [0.1, 0.15) is 18.4 Å². The van der Waals surface area contributed by atoms with Crippen molar-refractivity contribution in [3.05, 3.63) is 32.6 Å². The van der Waals surface area contributed by atoms with Crippen molar-refractivity contribution in [1.82, 2.24) is 20.6 Å². The highest BCUT2D eigenvalue weighted by molar-refractivity contribution is 5.89. The molecule has 0 unspecified atom stereocenters. The van der Waals surface area contributed by atoms with E-state index in [0.29, 0.717) is 0 Å². The van der Waals surface area contributed by atoms with Crippen LogP contribution in [0.25, 0.3) is 0 Å². The molecular formula is C17H28N8O8. The highest BCUT2D eigenvalue weighted by atomic mass is 16.4. The zero-order valence-corrected chi connectivity index (χ0v) is 17.5. The number of rotatable bonds is 13. The SMILES string of the molecule is NC(=O)CC[C@H](NC(=O)CN=C(N)N)C(=O)NC[C@@H](O)[C@@H](O)[C@@H](O)Cc1c[nH]c(=O)[nH]c1=O. The van der Waals surface area contributed by atoms with Crippen molar-refractivity contribution < 1.29 is 29.7 Å². The van der Waals surface area contributed by atoms with E-state index in [4.69, 9.17) is 17.2 Å². The lowest BCUT2D eigenvalue weighted by molar-refractivity contribution is -0.129. The van der Waals surface area contributed by atoms with E-state index < -0.39 is 72.8 Å². The van der Waals surface area contributed by atoms with E-state index in [1.807, 2.05) is 4.98 Å². The number of amides is 3. The molecule has 1 aromatic heterocycles. The third kappa shape index (κ3) is 9.93. The van der Waals surface area contributed by atoms with Gasteiger partial charge in [0, 0.05) is 31.1 Å². The van der Waals surface area contributed by atoms with Gasteiger partial charge in [-0.25, -0.2) is 9.79 Å². The summed E-state index contributed by atoms with van der Waals surface area (Å²) in [5, 5.41) is 34.8. The lowest BCUT2D eigenvalue weighted by Gasteiger charge is -2.24. The van der Waals surface area contributed by atoms with Crippen LogP contribution in [-0.2, 0) is 20.8 Å². The first-order valence-electron chi connectivity index (χ1n) is 9.66. The second kappa shape index (κ2) is 12.9. The number of aromatic amines is 2. The molecule has 0 aliphatic heterocycles. The predicted octanol–water partition coefficient (Wildman–Crippen LogP) is -6.17. The maximum Gasteiger partial charge on any atom is 0.325 e. The number of hydrogen-bond acceptors (Lipinski definition) is 9. The Labute approximate surface area is 186 Å². The zero-order valence-electron chi connectivity index (χ0n) is 17.5. The summed E-state index contributed by atoms with van der Waals surface area (Å²) in [4.78, 5) is 65.6. The number of nitrogens with zero attached hydrogens (tertiary/aromatic N) is 1. The number of aromatic nitrogens is 2. The number of carbonyl (C=O) groups is 3. The number of aliphatic hydroxyl groups excluding tert-OH is 3. The number of nitrogens with two attached hydrogens (primary N) is 3. The van der Waals surface area contributed by atoms with Gasteiger partial charge in [0.1, 0.15) is 18.7 Å². The summed E-state index contributed by atoms with van der Waals surface area (Å²) in [7, 11) is 0. The Morgan fingerprint density at radius 3 is 2.33 bits per heavy atom. The van der Waals surface area contributed by atoms with Crippen molar-refractivity contribution in [3.63, 3.8) is 0 Å². The molecule has 0 aliphatic carbocycles. The molecule has 16 nitrogen and oxygen atoms in total. The van der Waals surface area contributed by atoms with Gasteiger partial charge in [-0.2, -0.15) is 0 Å². The van der Waals surface area contributed by atoms with Crippen molar-refractivity contribution >= 4 is 23.7 Å². The van der Waals surface area contributed by atoms with Gasteiger partial charge in [-0.15, -0.1) is 0 Å². The van der Waals surface area contributed by atoms with Crippen LogP contribution in [0.2, 0.25) is 0 Å². The molecule has 1 rings (SSSR count). The number of hydrogen-bond donors (Lipinski definition) is 10. The number of guanidine groups is 1. The summed E-state index contributed by atoms with van der Waals surface area (Å²) in [5.41, 5.74) is 13.7. The molecule has 0 aliphatic rings. The largest absolute Gasteiger partial charge is 0.390 e. The van der Waals surface area contributed by atoms with Crippen LogP contribution >= 0.6 is 0 Å². The van der Waals surface area contributed by atoms with Crippen molar-refractivity contribution in [2.75, 3.05) is 13.1 Å². The molecule has 0 saturated carbocycles. The summed E-state index contributed by atoms with van der Waals surface area (Å²) in [6.45, 7) is -1.02. The number of nitrogens with one attached hydrogen (secondary N) is 4. The third-order valence-corrected chi connectivity index (χ3v) is 4.34. The fraction of sp³-hybridized carbons (Fsp3) is 0.529. The molecule has 0 fully saturated rings. The average molecular weight is 472 g/mol. The minimum absolute atomic E-state index is 0.0487. The highest BCUT2D eigenvalue weighted by Crippen LogP contribution is 2.05. The van der Waals surface area contributed by atoms with Crippen molar-refractivity contribution in [2.24, 2.45) is 22.2 Å². The smallest absolute Gasteiger partial charge is 0.325 e. The minimum Gasteiger partial charge on any atom is -0.390 e. The Bertz CT molecular complexity index is 970. The van der Waals surface area contributed by atoms with Crippen LogP contribution < -0.4 is 39.1 Å². The van der Waals surface area contributed by atoms with E-state index in [9.17, 15) is 39.3 Å². The Morgan fingerprint density at radius 1 is 1.09 bits per heavy atom. The molecule has 4 atom stereocenters. The summed E-state index contributed by atoms with van der Waals surface area (Å²) in [6.07, 6.45) is -4.81. The van der Waals surface area contributed by atoms with Crippen LogP contribution in [0.15, 0.2) is 20.8 Å². The minimum atomic E-state index is -1.78. The van der Waals surface area contributed by atoms with Crippen LogP contribution in [0.3, 0.4) is 0 Å². The first kappa shape index (κ1) is 27.3. The molecule has 13 N–H and O–H groups in total. The van der Waals surface area contributed by atoms with Gasteiger partial charge in [-0.3, -0.25) is 24.2 Å². The normalized spacial score (nSPS) is 14.4. The fourth-order valence-corrected chi connectivity index (χ4v) is 2.60. The van der Waals surface area contributed by atoms with Gasteiger partial charge in [0.05, 0.1) is 12.2 Å². The number of aliphatic imine (C=N–C) groups is 1. The van der Waals surface area contributed by atoms with Gasteiger partial charge in [0.2, 0.25) is 17.7 Å². The summed E-state index contributed by atoms with van der Waals surface area (Å²) < 4.78 is 0. The van der Waals surface area contributed by atoms with Crippen molar-refractivity contribution in [2.45, 2.75) is 43.6 Å². The lowest BCUT2D eigenvalue weighted by Crippen LogP contribution is -2.51. The maximum absolute atomic E-state index is 12.4. The molecule has 184 valence electrons. The molecule has 0 saturated heterocycles. The zero-order chi connectivity index (χ0) is 25.1. The van der Waals surface area contributed by atoms with Crippen molar-refractivity contribution in [3.8, 4) is 0 Å². The van der Waals surface area contributed by atoms with Crippen LogP contribution in [0.4, 0.5) is 0 Å². The van der Waals surface area contributed by atoms with Gasteiger partial charge < -0.3 is 48.1 Å². The predicted molar refractivity (Wildman–Crippen MR) is 113 cm³/mol. The second-order valence-corrected chi connectivity index (χ2v) is 7.04. The van der Waals surface area contributed by atoms with E-state index in [1.54, 1.807) is 0 Å². The van der Waals surface area contributed by atoms with E-state index in [0.717, 1.165) is 6.20 Å². The molecule has 33 heavy (non-hydrogen) atoms. The highest BCUT2D eigenvalue weighted by Gasteiger charge is 2.28.